The molecule has 90 valence electrons. The fraction of sp³-hybridized carbons (Fsp3) is 0.556. The first-order chi connectivity index (χ1) is 7.47. The zero-order valence-corrected chi connectivity index (χ0v) is 10.1. The SMILES string of the molecule is Cc1ccnc(OCCCNS(C)(=O)=O)n1. The highest BCUT2D eigenvalue weighted by Gasteiger charge is 2.00. The molecule has 0 unspecified atom stereocenters. The van der Waals surface area contributed by atoms with Gasteiger partial charge in [-0.25, -0.2) is 23.1 Å². The fourth-order valence-corrected chi connectivity index (χ4v) is 1.50. The van der Waals surface area contributed by atoms with E-state index in [0.717, 1.165) is 11.9 Å². The van der Waals surface area contributed by atoms with E-state index in [1.54, 1.807) is 12.3 Å². The number of nitrogens with one attached hydrogen (secondary N) is 1. The molecule has 0 bridgehead atoms. The van der Waals surface area contributed by atoms with Crippen molar-refractivity contribution >= 4 is 10.0 Å². The molecule has 1 rings (SSSR count). The molecule has 0 aromatic carbocycles. The van der Waals surface area contributed by atoms with Crippen molar-refractivity contribution < 1.29 is 13.2 Å². The molecule has 1 N–H and O–H groups in total. The Balaban J connectivity index is 2.21. The summed E-state index contributed by atoms with van der Waals surface area (Å²) in [6.45, 7) is 2.58. The number of hydrogen-bond donors (Lipinski definition) is 1. The quantitative estimate of drug-likeness (QED) is 0.719. The van der Waals surface area contributed by atoms with Crippen LogP contribution in [0.4, 0.5) is 0 Å². The third kappa shape index (κ3) is 5.62. The molecule has 0 amide bonds. The van der Waals surface area contributed by atoms with Gasteiger partial charge in [-0.2, -0.15) is 0 Å². The van der Waals surface area contributed by atoms with Crippen molar-refractivity contribution in [3.05, 3.63) is 18.0 Å². The highest BCUT2D eigenvalue weighted by atomic mass is 32.2. The second-order valence-electron chi connectivity index (χ2n) is 3.35. The maximum absolute atomic E-state index is 10.7. The summed E-state index contributed by atoms with van der Waals surface area (Å²) in [7, 11) is -3.11. The number of hydrogen-bond acceptors (Lipinski definition) is 5. The number of rotatable bonds is 6. The maximum Gasteiger partial charge on any atom is 0.316 e. The molecule has 1 heterocycles. The topological polar surface area (TPSA) is 81.2 Å². The molecule has 7 heteroatoms. The summed E-state index contributed by atoms with van der Waals surface area (Å²) in [5.74, 6) is 0. The van der Waals surface area contributed by atoms with Crippen LogP contribution in [-0.2, 0) is 10.0 Å². The Labute approximate surface area is 95.1 Å². The summed E-state index contributed by atoms with van der Waals surface area (Å²) in [5, 5.41) is 0. The van der Waals surface area contributed by atoms with Crippen molar-refractivity contribution in [2.45, 2.75) is 13.3 Å². The van der Waals surface area contributed by atoms with E-state index in [-0.39, 0.29) is 0 Å². The van der Waals surface area contributed by atoms with Gasteiger partial charge < -0.3 is 4.74 Å². The van der Waals surface area contributed by atoms with Crippen molar-refractivity contribution in [3.63, 3.8) is 0 Å². The van der Waals surface area contributed by atoms with Crippen LogP contribution in [0.1, 0.15) is 12.1 Å². The molecule has 0 aliphatic carbocycles. The van der Waals surface area contributed by atoms with Crippen LogP contribution in [0.2, 0.25) is 0 Å². The number of nitrogens with zero attached hydrogens (tertiary/aromatic N) is 2. The van der Waals surface area contributed by atoms with Gasteiger partial charge in [0.2, 0.25) is 10.0 Å². The van der Waals surface area contributed by atoms with E-state index < -0.39 is 10.0 Å². The van der Waals surface area contributed by atoms with Crippen LogP contribution in [0.3, 0.4) is 0 Å². The van der Waals surface area contributed by atoms with Crippen LogP contribution in [0.15, 0.2) is 12.3 Å². The standard InChI is InChI=1S/C9H15N3O3S/c1-8-4-6-10-9(12-8)15-7-3-5-11-16(2,13)14/h4,6,11H,3,5,7H2,1-2H3. The normalized spacial score (nSPS) is 11.4. The number of ether oxygens (including phenoxy) is 1. The minimum atomic E-state index is -3.11. The number of sulfonamides is 1. The van der Waals surface area contributed by atoms with Crippen molar-refractivity contribution in [2.75, 3.05) is 19.4 Å². The van der Waals surface area contributed by atoms with Crippen LogP contribution < -0.4 is 9.46 Å². The average molecular weight is 245 g/mol. The van der Waals surface area contributed by atoms with E-state index in [1.165, 1.54) is 0 Å². The fourth-order valence-electron chi connectivity index (χ4n) is 0.989. The predicted molar refractivity (Wildman–Crippen MR) is 59.7 cm³/mol. The summed E-state index contributed by atoms with van der Waals surface area (Å²) >= 11 is 0. The molecular weight excluding hydrogens is 230 g/mol. The van der Waals surface area contributed by atoms with Gasteiger partial charge in [0, 0.05) is 18.4 Å². The van der Waals surface area contributed by atoms with Gasteiger partial charge in [-0.05, 0) is 19.4 Å². The van der Waals surface area contributed by atoms with E-state index in [1.807, 2.05) is 6.92 Å². The molecular formula is C9H15N3O3S. The van der Waals surface area contributed by atoms with Crippen LogP contribution in [0.5, 0.6) is 6.01 Å². The maximum atomic E-state index is 10.7. The lowest BCUT2D eigenvalue weighted by Crippen LogP contribution is -2.24. The summed E-state index contributed by atoms with van der Waals surface area (Å²) in [6.07, 6.45) is 3.31. The average Bonchev–Trinajstić information content (AvgIpc) is 2.15. The highest BCUT2D eigenvalue weighted by molar-refractivity contribution is 7.88. The monoisotopic (exact) mass is 245 g/mol. The molecule has 16 heavy (non-hydrogen) atoms. The van der Waals surface area contributed by atoms with Crippen LogP contribution in [0.25, 0.3) is 0 Å². The largest absolute Gasteiger partial charge is 0.463 e. The highest BCUT2D eigenvalue weighted by Crippen LogP contribution is 2.01. The Hall–Kier alpha value is -1.21. The third-order valence-corrected chi connectivity index (χ3v) is 2.42. The predicted octanol–water partition coefficient (Wildman–Crippen LogP) is 0.103. The van der Waals surface area contributed by atoms with Crippen LogP contribution in [-0.4, -0.2) is 37.8 Å². The Bertz CT molecular complexity index is 433. The molecule has 0 radical (unpaired) electrons. The van der Waals surface area contributed by atoms with Crippen LogP contribution in [0, 0.1) is 6.92 Å². The van der Waals surface area contributed by atoms with Gasteiger partial charge in [0.25, 0.3) is 0 Å². The first-order valence-corrected chi connectivity index (χ1v) is 6.73. The van der Waals surface area contributed by atoms with E-state index >= 15 is 0 Å². The van der Waals surface area contributed by atoms with Crippen molar-refractivity contribution in [1.29, 1.82) is 0 Å². The Morgan fingerprint density at radius 3 is 2.88 bits per heavy atom. The van der Waals surface area contributed by atoms with Crippen molar-refractivity contribution in [1.82, 2.24) is 14.7 Å². The van der Waals surface area contributed by atoms with E-state index in [4.69, 9.17) is 4.74 Å². The first-order valence-electron chi connectivity index (χ1n) is 4.84. The minimum Gasteiger partial charge on any atom is -0.463 e. The molecule has 0 atom stereocenters. The summed E-state index contributed by atoms with van der Waals surface area (Å²) in [5.41, 5.74) is 0.833. The van der Waals surface area contributed by atoms with Gasteiger partial charge in [0.05, 0.1) is 12.9 Å². The third-order valence-electron chi connectivity index (χ3n) is 1.69. The molecule has 1 aromatic rings. The lowest BCUT2D eigenvalue weighted by atomic mass is 10.4. The second-order valence-corrected chi connectivity index (χ2v) is 5.18. The molecule has 6 nitrogen and oxygen atoms in total. The molecule has 0 saturated carbocycles. The number of aryl methyl sites for hydroxylation is 1. The van der Waals surface area contributed by atoms with Crippen molar-refractivity contribution in [2.24, 2.45) is 0 Å². The first kappa shape index (κ1) is 12.9. The van der Waals surface area contributed by atoms with Gasteiger partial charge in [-0.1, -0.05) is 0 Å². The summed E-state index contributed by atoms with van der Waals surface area (Å²) in [4.78, 5) is 7.96. The molecule has 0 aliphatic heterocycles. The molecule has 0 fully saturated rings. The van der Waals surface area contributed by atoms with Gasteiger partial charge in [0.1, 0.15) is 0 Å². The summed E-state index contributed by atoms with van der Waals surface area (Å²) in [6, 6.07) is 2.09. The Morgan fingerprint density at radius 2 is 2.25 bits per heavy atom. The Kier molecular flexibility index (Phi) is 4.63. The van der Waals surface area contributed by atoms with Crippen molar-refractivity contribution in [3.8, 4) is 6.01 Å². The molecule has 0 aliphatic rings. The number of aromatic nitrogens is 2. The zero-order valence-electron chi connectivity index (χ0n) is 9.30. The molecule has 0 spiro atoms. The lowest BCUT2D eigenvalue weighted by Gasteiger charge is -2.04. The summed E-state index contributed by atoms with van der Waals surface area (Å²) < 4.78 is 29.1. The Morgan fingerprint density at radius 1 is 1.50 bits per heavy atom. The van der Waals surface area contributed by atoms with Gasteiger partial charge in [-0.3, -0.25) is 0 Å². The van der Waals surface area contributed by atoms with E-state index in [0.29, 0.717) is 25.6 Å². The van der Waals surface area contributed by atoms with Gasteiger partial charge in [0.15, 0.2) is 0 Å². The van der Waals surface area contributed by atoms with Gasteiger partial charge in [-0.15, -0.1) is 0 Å². The second kappa shape index (κ2) is 5.76. The smallest absolute Gasteiger partial charge is 0.316 e. The van der Waals surface area contributed by atoms with Crippen LogP contribution >= 0.6 is 0 Å². The lowest BCUT2D eigenvalue weighted by molar-refractivity contribution is 0.286. The minimum absolute atomic E-state index is 0.319. The molecule has 1 aromatic heterocycles. The molecule has 0 saturated heterocycles. The zero-order chi connectivity index (χ0) is 12.0. The van der Waals surface area contributed by atoms with E-state index in [9.17, 15) is 8.42 Å². The van der Waals surface area contributed by atoms with Gasteiger partial charge >= 0.3 is 6.01 Å². The van der Waals surface area contributed by atoms with E-state index in [2.05, 4.69) is 14.7 Å².